The quantitative estimate of drug-likeness (QED) is 0.804. The van der Waals surface area contributed by atoms with Gasteiger partial charge in [0.05, 0.1) is 19.0 Å². The van der Waals surface area contributed by atoms with Crippen molar-refractivity contribution in [2.24, 2.45) is 0 Å². The largest absolute Gasteiger partial charge is 0.496 e. The highest BCUT2D eigenvalue weighted by Gasteiger charge is 2.42. The Balaban J connectivity index is 1.98. The van der Waals surface area contributed by atoms with Gasteiger partial charge in [-0.2, -0.15) is 0 Å². The van der Waals surface area contributed by atoms with Crippen LogP contribution in [0, 0.1) is 0 Å². The summed E-state index contributed by atoms with van der Waals surface area (Å²) in [6.07, 6.45) is 0. The first kappa shape index (κ1) is 11.9. The van der Waals surface area contributed by atoms with Crippen molar-refractivity contribution in [3.05, 3.63) is 59.2 Å². The van der Waals surface area contributed by atoms with Gasteiger partial charge < -0.3 is 9.64 Å². The summed E-state index contributed by atoms with van der Waals surface area (Å²) < 4.78 is 5.52. The molecule has 2 aromatic carbocycles. The zero-order chi connectivity index (χ0) is 13.7. The number of hydrogen-bond acceptors (Lipinski definition) is 3. The first-order valence-corrected chi connectivity index (χ1v) is 7.49. The number of ether oxygens (including phenoxy) is 1. The number of thioether (sulfide) groups is 1. The monoisotopic (exact) mass is 283 g/mol. The number of rotatable bonds is 1. The second kappa shape index (κ2) is 4.28. The average molecular weight is 283 g/mol. The molecular formula is C16H13NO2S. The number of carbonyl (C=O) groups excluding carboxylic acids is 1. The number of amides is 1. The highest BCUT2D eigenvalue weighted by atomic mass is 32.2. The van der Waals surface area contributed by atoms with Gasteiger partial charge in [-0.1, -0.05) is 24.3 Å². The summed E-state index contributed by atoms with van der Waals surface area (Å²) in [4.78, 5) is 15.6. The second-order valence-electron chi connectivity index (χ2n) is 4.91. The maximum atomic E-state index is 12.5. The zero-order valence-electron chi connectivity index (χ0n) is 11.0. The van der Waals surface area contributed by atoms with Crippen LogP contribution in [0.15, 0.2) is 47.4 Å². The van der Waals surface area contributed by atoms with E-state index in [0.29, 0.717) is 5.88 Å². The van der Waals surface area contributed by atoms with Crippen LogP contribution in [0.25, 0.3) is 0 Å². The molecule has 2 heterocycles. The summed E-state index contributed by atoms with van der Waals surface area (Å²) >= 11 is 1.69. The highest BCUT2D eigenvalue weighted by molar-refractivity contribution is 7.99. The molecule has 2 aliphatic heterocycles. The lowest BCUT2D eigenvalue weighted by Crippen LogP contribution is -2.31. The van der Waals surface area contributed by atoms with Crippen molar-refractivity contribution >= 4 is 17.7 Å². The van der Waals surface area contributed by atoms with Crippen molar-refractivity contribution < 1.29 is 9.53 Å². The maximum absolute atomic E-state index is 12.5. The Labute approximate surface area is 121 Å². The molecule has 0 radical (unpaired) electrons. The fourth-order valence-corrected chi connectivity index (χ4v) is 4.14. The minimum Gasteiger partial charge on any atom is -0.496 e. The normalized spacial score (nSPS) is 19.4. The summed E-state index contributed by atoms with van der Waals surface area (Å²) in [5.74, 6) is 1.67. The van der Waals surface area contributed by atoms with E-state index in [1.807, 2.05) is 41.3 Å². The molecule has 20 heavy (non-hydrogen) atoms. The van der Waals surface area contributed by atoms with E-state index in [1.54, 1.807) is 18.9 Å². The van der Waals surface area contributed by atoms with Gasteiger partial charge in [-0.15, -0.1) is 11.8 Å². The summed E-state index contributed by atoms with van der Waals surface area (Å²) in [6.45, 7) is 0. The molecule has 4 heteroatoms. The van der Waals surface area contributed by atoms with E-state index < -0.39 is 0 Å². The predicted octanol–water partition coefficient (Wildman–Crippen LogP) is 3.30. The number of methoxy groups -OCH3 is 1. The Morgan fingerprint density at radius 1 is 1.20 bits per heavy atom. The molecule has 1 amide bonds. The first-order chi connectivity index (χ1) is 9.81. The number of hydrogen-bond donors (Lipinski definition) is 0. The van der Waals surface area contributed by atoms with Crippen molar-refractivity contribution in [1.29, 1.82) is 0 Å². The van der Waals surface area contributed by atoms with Crippen molar-refractivity contribution in [2.75, 3.05) is 13.0 Å². The van der Waals surface area contributed by atoms with Gasteiger partial charge in [0, 0.05) is 16.0 Å². The number of carbonyl (C=O) groups is 1. The molecule has 1 unspecified atom stereocenters. The van der Waals surface area contributed by atoms with Crippen LogP contribution in [-0.2, 0) is 0 Å². The Morgan fingerprint density at radius 3 is 2.90 bits per heavy atom. The Kier molecular flexibility index (Phi) is 2.54. The van der Waals surface area contributed by atoms with Crippen LogP contribution in [0.3, 0.4) is 0 Å². The molecule has 0 saturated heterocycles. The molecular weight excluding hydrogens is 270 g/mol. The lowest BCUT2D eigenvalue weighted by atomic mass is 9.97. The van der Waals surface area contributed by atoms with Crippen LogP contribution in [0.2, 0.25) is 0 Å². The Hall–Kier alpha value is -1.94. The van der Waals surface area contributed by atoms with E-state index >= 15 is 0 Å². The van der Waals surface area contributed by atoms with Gasteiger partial charge in [0.25, 0.3) is 5.91 Å². The smallest absolute Gasteiger partial charge is 0.255 e. The van der Waals surface area contributed by atoms with Gasteiger partial charge in [0.2, 0.25) is 0 Å². The number of benzene rings is 2. The van der Waals surface area contributed by atoms with Crippen LogP contribution < -0.4 is 4.74 Å². The Bertz CT molecular complexity index is 699. The van der Waals surface area contributed by atoms with Crippen molar-refractivity contribution in [1.82, 2.24) is 4.90 Å². The topological polar surface area (TPSA) is 29.5 Å². The lowest BCUT2D eigenvalue weighted by Gasteiger charge is -2.32. The van der Waals surface area contributed by atoms with E-state index in [-0.39, 0.29) is 11.9 Å². The number of nitrogens with zero attached hydrogens (tertiary/aromatic N) is 1. The third-order valence-electron chi connectivity index (χ3n) is 3.94. The van der Waals surface area contributed by atoms with Gasteiger partial charge in [0.1, 0.15) is 5.75 Å². The Morgan fingerprint density at radius 2 is 2.05 bits per heavy atom. The van der Waals surface area contributed by atoms with E-state index in [4.69, 9.17) is 4.74 Å². The van der Waals surface area contributed by atoms with Crippen molar-refractivity contribution in [3.63, 3.8) is 0 Å². The van der Waals surface area contributed by atoms with Crippen LogP contribution in [0.1, 0.15) is 27.5 Å². The maximum Gasteiger partial charge on any atom is 0.255 e. The van der Waals surface area contributed by atoms with Crippen LogP contribution >= 0.6 is 11.8 Å². The fourth-order valence-electron chi connectivity index (χ4n) is 3.05. The summed E-state index contributed by atoms with van der Waals surface area (Å²) in [7, 11) is 1.68. The van der Waals surface area contributed by atoms with Gasteiger partial charge in [-0.05, 0) is 23.8 Å². The van der Waals surface area contributed by atoms with Crippen LogP contribution in [0.4, 0.5) is 0 Å². The molecule has 0 aromatic heterocycles. The van der Waals surface area contributed by atoms with Gasteiger partial charge >= 0.3 is 0 Å². The van der Waals surface area contributed by atoms with Gasteiger partial charge in [0.15, 0.2) is 0 Å². The fraction of sp³-hybridized carbons (Fsp3) is 0.188. The minimum absolute atomic E-state index is 0.00824. The standard InChI is InChI=1S/C16H13NO2S/c1-19-12-7-4-8-13-14(12)15-10-5-2-3-6-11(10)16(18)17(15)9-20-13/h2-8,15H,9H2,1H3. The summed E-state index contributed by atoms with van der Waals surface area (Å²) in [5.41, 5.74) is 3.02. The zero-order valence-corrected chi connectivity index (χ0v) is 11.8. The molecule has 3 nitrogen and oxygen atoms in total. The van der Waals surface area contributed by atoms with E-state index in [1.165, 1.54) is 4.90 Å². The first-order valence-electron chi connectivity index (χ1n) is 6.51. The molecule has 0 N–H and O–H groups in total. The molecule has 0 saturated carbocycles. The molecule has 1 atom stereocenters. The minimum atomic E-state index is -0.00824. The van der Waals surface area contributed by atoms with Crippen molar-refractivity contribution in [2.45, 2.75) is 10.9 Å². The van der Waals surface area contributed by atoms with Crippen LogP contribution in [0.5, 0.6) is 5.75 Å². The molecule has 0 aliphatic carbocycles. The highest BCUT2D eigenvalue weighted by Crippen LogP contribution is 2.49. The molecule has 0 fully saturated rings. The molecule has 2 aromatic rings. The van der Waals surface area contributed by atoms with E-state index in [2.05, 4.69) is 6.07 Å². The third-order valence-corrected chi connectivity index (χ3v) is 5.01. The molecule has 0 bridgehead atoms. The predicted molar refractivity (Wildman–Crippen MR) is 78.2 cm³/mol. The molecule has 4 rings (SSSR count). The van der Waals surface area contributed by atoms with Crippen molar-refractivity contribution in [3.8, 4) is 5.75 Å². The van der Waals surface area contributed by atoms with Gasteiger partial charge in [-0.3, -0.25) is 4.79 Å². The lowest BCUT2D eigenvalue weighted by molar-refractivity contribution is 0.0778. The van der Waals surface area contributed by atoms with Gasteiger partial charge in [-0.25, -0.2) is 0 Å². The van der Waals surface area contributed by atoms with E-state index in [0.717, 1.165) is 22.4 Å². The van der Waals surface area contributed by atoms with E-state index in [9.17, 15) is 4.79 Å². The number of fused-ring (bicyclic) bond motifs is 5. The molecule has 100 valence electrons. The average Bonchev–Trinajstić information content (AvgIpc) is 2.80. The molecule has 0 spiro atoms. The summed E-state index contributed by atoms with van der Waals surface area (Å²) in [5, 5.41) is 0. The SMILES string of the molecule is COc1cccc2c1C1c3ccccc3C(=O)N1CS2. The molecule has 2 aliphatic rings. The summed E-state index contributed by atoms with van der Waals surface area (Å²) in [6, 6.07) is 13.9. The van der Waals surface area contributed by atoms with Crippen LogP contribution in [-0.4, -0.2) is 23.8 Å². The third kappa shape index (κ3) is 1.45. The second-order valence-corrected chi connectivity index (χ2v) is 5.90.